The maximum Gasteiger partial charge on any atom is 0.259 e. The quantitative estimate of drug-likeness (QED) is 0.899. The van der Waals surface area contributed by atoms with E-state index >= 15 is 0 Å². The van der Waals surface area contributed by atoms with Gasteiger partial charge in [-0.2, -0.15) is 5.10 Å². The summed E-state index contributed by atoms with van der Waals surface area (Å²) >= 11 is 0. The second-order valence-electron chi connectivity index (χ2n) is 6.81. The molecule has 2 N–H and O–H groups in total. The van der Waals surface area contributed by atoms with Gasteiger partial charge in [0.25, 0.3) is 5.91 Å². The molecule has 4 heteroatoms. The van der Waals surface area contributed by atoms with Crippen LogP contribution in [-0.4, -0.2) is 16.1 Å². The van der Waals surface area contributed by atoms with E-state index in [9.17, 15) is 4.79 Å². The van der Waals surface area contributed by atoms with Crippen LogP contribution in [0.3, 0.4) is 0 Å². The van der Waals surface area contributed by atoms with Gasteiger partial charge in [0.05, 0.1) is 11.3 Å². The molecule has 2 aromatic rings. The number of carbonyl (C=O) groups is 1. The molecule has 1 aliphatic carbocycles. The van der Waals surface area contributed by atoms with E-state index in [1.165, 1.54) is 11.1 Å². The number of aryl methyl sites for hydroxylation is 1. The number of amides is 1. The maximum absolute atomic E-state index is 12.6. The number of nitrogens with zero attached hydrogens (tertiary/aromatic N) is 1. The molecule has 22 heavy (non-hydrogen) atoms. The van der Waals surface area contributed by atoms with E-state index in [-0.39, 0.29) is 11.3 Å². The molecule has 1 heterocycles. The van der Waals surface area contributed by atoms with Crippen molar-refractivity contribution in [2.75, 3.05) is 5.32 Å². The van der Waals surface area contributed by atoms with Gasteiger partial charge in [0.15, 0.2) is 0 Å². The highest BCUT2D eigenvalue weighted by atomic mass is 16.1. The molecule has 3 rings (SSSR count). The van der Waals surface area contributed by atoms with E-state index in [0.29, 0.717) is 11.5 Å². The largest absolute Gasteiger partial charge is 0.322 e. The number of fused-ring (bicyclic) bond motifs is 1. The Bertz CT molecular complexity index is 715. The lowest BCUT2D eigenvalue weighted by atomic mass is 9.86. The summed E-state index contributed by atoms with van der Waals surface area (Å²) in [5.74, 6) is 0.368. The monoisotopic (exact) mass is 297 g/mol. The molecule has 1 aromatic heterocycles. The second kappa shape index (κ2) is 5.27. The standard InChI is InChI=1S/C18H23N3O/c1-5-14-12(10-19-21-14)17(22)20-15-8-6-7-13-16(15)11(2)9-18(13,3)4/h6-8,10-11H,5,9H2,1-4H3,(H,19,21)(H,20,22)/t11-/m1/s1. The van der Waals surface area contributed by atoms with E-state index in [0.717, 1.165) is 24.2 Å². The molecule has 1 aromatic carbocycles. The molecule has 0 saturated carbocycles. The van der Waals surface area contributed by atoms with Crippen LogP contribution in [0, 0.1) is 0 Å². The van der Waals surface area contributed by atoms with Gasteiger partial charge in [0, 0.05) is 11.9 Å². The van der Waals surface area contributed by atoms with Crippen LogP contribution >= 0.6 is 0 Å². The molecule has 1 aliphatic rings. The summed E-state index contributed by atoms with van der Waals surface area (Å²) < 4.78 is 0. The van der Waals surface area contributed by atoms with Gasteiger partial charge in [-0.1, -0.05) is 39.8 Å². The number of hydrogen-bond acceptors (Lipinski definition) is 2. The van der Waals surface area contributed by atoms with Gasteiger partial charge in [-0.05, 0) is 41.4 Å². The predicted molar refractivity (Wildman–Crippen MR) is 88.4 cm³/mol. The molecular weight excluding hydrogens is 274 g/mol. The van der Waals surface area contributed by atoms with Crippen molar-refractivity contribution in [1.29, 1.82) is 0 Å². The Kier molecular flexibility index (Phi) is 3.55. The fraction of sp³-hybridized carbons (Fsp3) is 0.444. The van der Waals surface area contributed by atoms with E-state index in [4.69, 9.17) is 0 Å². The third kappa shape index (κ3) is 2.32. The number of benzene rings is 1. The lowest BCUT2D eigenvalue weighted by Crippen LogP contribution is -2.15. The smallest absolute Gasteiger partial charge is 0.259 e. The summed E-state index contributed by atoms with van der Waals surface area (Å²) in [5.41, 5.74) is 5.16. The van der Waals surface area contributed by atoms with Crippen LogP contribution in [0.4, 0.5) is 5.69 Å². The fourth-order valence-electron chi connectivity index (χ4n) is 3.75. The number of aromatic nitrogens is 2. The summed E-state index contributed by atoms with van der Waals surface area (Å²) in [6.45, 7) is 8.77. The van der Waals surface area contributed by atoms with Gasteiger partial charge in [0.2, 0.25) is 0 Å². The molecule has 0 fully saturated rings. The Labute approximate surface area is 131 Å². The molecular formula is C18H23N3O. The van der Waals surface area contributed by atoms with Gasteiger partial charge in [-0.3, -0.25) is 9.89 Å². The van der Waals surface area contributed by atoms with Crippen LogP contribution in [0.1, 0.15) is 67.2 Å². The number of aromatic amines is 1. The summed E-state index contributed by atoms with van der Waals surface area (Å²) in [4.78, 5) is 12.6. The Morgan fingerprint density at radius 2 is 2.23 bits per heavy atom. The number of carbonyl (C=O) groups excluding carboxylic acids is 1. The molecule has 0 spiro atoms. The highest BCUT2D eigenvalue weighted by Crippen LogP contribution is 2.48. The maximum atomic E-state index is 12.6. The van der Waals surface area contributed by atoms with Crippen LogP contribution in [0.25, 0.3) is 0 Å². The topological polar surface area (TPSA) is 57.8 Å². The van der Waals surface area contributed by atoms with Crippen LogP contribution in [0.5, 0.6) is 0 Å². The van der Waals surface area contributed by atoms with E-state index < -0.39 is 0 Å². The molecule has 1 atom stereocenters. The van der Waals surface area contributed by atoms with Crippen LogP contribution in [0.15, 0.2) is 24.4 Å². The molecule has 116 valence electrons. The van der Waals surface area contributed by atoms with Gasteiger partial charge < -0.3 is 5.32 Å². The van der Waals surface area contributed by atoms with Crippen molar-refractivity contribution in [2.24, 2.45) is 0 Å². The minimum atomic E-state index is -0.0871. The number of H-pyrrole nitrogens is 1. The van der Waals surface area contributed by atoms with E-state index in [2.05, 4.69) is 42.4 Å². The first-order valence-electron chi connectivity index (χ1n) is 7.91. The zero-order valence-electron chi connectivity index (χ0n) is 13.7. The molecule has 0 saturated heterocycles. The van der Waals surface area contributed by atoms with Crippen molar-refractivity contribution >= 4 is 11.6 Å². The highest BCUT2D eigenvalue weighted by Gasteiger charge is 2.36. The minimum absolute atomic E-state index is 0.0871. The van der Waals surface area contributed by atoms with Gasteiger partial charge in [-0.25, -0.2) is 0 Å². The van der Waals surface area contributed by atoms with Crippen molar-refractivity contribution in [3.63, 3.8) is 0 Å². The summed E-state index contributed by atoms with van der Waals surface area (Å²) in [6, 6.07) is 6.22. The number of anilines is 1. The first kappa shape index (κ1) is 14.8. The minimum Gasteiger partial charge on any atom is -0.322 e. The molecule has 0 bridgehead atoms. The Hall–Kier alpha value is -2.10. The van der Waals surface area contributed by atoms with Crippen LogP contribution < -0.4 is 5.32 Å². The third-order valence-corrected chi connectivity index (χ3v) is 4.69. The molecule has 0 aliphatic heterocycles. The third-order valence-electron chi connectivity index (χ3n) is 4.69. The molecule has 4 nitrogen and oxygen atoms in total. The van der Waals surface area contributed by atoms with Crippen LogP contribution in [0.2, 0.25) is 0 Å². The number of nitrogens with one attached hydrogen (secondary N) is 2. The second-order valence-corrected chi connectivity index (χ2v) is 6.81. The van der Waals surface area contributed by atoms with Crippen molar-refractivity contribution < 1.29 is 4.79 Å². The zero-order valence-corrected chi connectivity index (χ0v) is 13.7. The van der Waals surface area contributed by atoms with Gasteiger partial charge >= 0.3 is 0 Å². The Balaban J connectivity index is 1.95. The van der Waals surface area contributed by atoms with Gasteiger partial charge in [-0.15, -0.1) is 0 Å². The molecule has 0 radical (unpaired) electrons. The van der Waals surface area contributed by atoms with Crippen molar-refractivity contribution in [3.05, 3.63) is 46.8 Å². The molecule has 1 amide bonds. The fourth-order valence-corrected chi connectivity index (χ4v) is 3.75. The van der Waals surface area contributed by atoms with Crippen molar-refractivity contribution in [2.45, 2.75) is 51.9 Å². The zero-order chi connectivity index (χ0) is 15.9. The van der Waals surface area contributed by atoms with Gasteiger partial charge in [0.1, 0.15) is 0 Å². The summed E-state index contributed by atoms with van der Waals surface area (Å²) in [7, 11) is 0. The Morgan fingerprint density at radius 1 is 1.45 bits per heavy atom. The lowest BCUT2D eigenvalue weighted by molar-refractivity contribution is 0.102. The number of hydrogen-bond donors (Lipinski definition) is 2. The SMILES string of the molecule is CCc1n[nH]cc1C(=O)Nc1cccc2c1[C@H](C)CC2(C)C. The predicted octanol–water partition coefficient (Wildman–Crippen LogP) is 4.01. The first-order valence-corrected chi connectivity index (χ1v) is 7.91. The highest BCUT2D eigenvalue weighted by molar-refractivity contribution is 6.05. The first-order chi connectivity index (χ1) is 10.4. The summed E-state index contributed by atoms with van der Waals surface area (Å²) in [6.07, 6.45) is 3.52. The van der Waals surface area contributed by atoms with Crippen molar-refractivity contribution in [1.82, 2.24) is 10.2 Å². The summed E-state index contributed by atoms with van der Waals surface area (Å²) in [5, 5.41) is 9.99. The number of rotatable bonds is 3. The average Bonchev–Trinajstić information content (AvgIpc) is 3.02. The normalized spacial score (nSPS) is 19.0. The molecule has 0 unspecified atom stereocenters. The Morgan fingerprint density at radius 3 is 2.95 bits per heavy atom. The van der Waals surface area contributed by atoms with E-state index in [1.54, 1.807) is 6.20 Å². The van der Waals surface area contributed by atoms with Crippen molar-refractivity contribution in [3.8, 4) is 0 Å². The average molecular weight is 297 g/mol. The lowest BCUT2D eigenvalue weighted by Gasteiger charge is -2.19. The van der Waals surface area contributed by atoms with Crippen LogP contribution in [-0.2, 0) is 11.8 Å². The van der Waals surface area contributed by atoms with E-state index in [1.807, 2.05) is 19.1 Å².